The average molecular weight is 346 g/mol. The standard InChI is InChI=1S/C22H18O4/c1-25-19-10-6-15(7-11-19)21(23)17-4-3-5-18(14-17)22(24)16-8-12-20(26-2)13-9-16/h3-14H,1-2H3. The van der Waals surface area contributed by atoms with E-state index in [1.165, 1.54) is 0 Å². The second-order valence-corrected chi connectivity index (χ2v) is 5.70. The molecule has 0 aromatic heterocycles. The summed E-state index contributed by atoms with van der Waals surface area (Å²) >= 11 is 0. The molecule has 3 rings (SSSR count). The largest absolute Gasteiger partial charge is 0.497 e. The lowest BCUT2D eigenvalue weighted by atomic mass is 9.97. The molecule has 0 aliphatic heterocycles. The van der Waals surface area contributed by atoms with Crippen molar-refractivity contribution in [3.05, 3.63) is 95.1 Å². The molecule has 0 bridgehead atoms. The van der Waals surface area contributed by atoms with Crippen LogP contribution >= 0.6 is 0 Å². The van der Waals surface area contributed by atoms with E-state index in [9.17, 15) is 9.59 Å². The van der Waals surface area contributed by atoms with Crippen molar-refractivity contribution in [1.29, 1.82) is 0 Å². The van der Waals surface area contributed by atoms with Gasteiger partial charge in [0, 0.05) is 22.3 Å². The van der Waals surface area contributed by atoms with E-state index in [0.717, 1.165) is 0 Å². The number of benzene rings is 3. The van der Waals surface area contributed by atoms with Gasteiger partial charge in [-0.05, 0) is 54.6 Å². The molecule has 0 amide bonds. The summed E-state index contributed by atoms with van der Waals surface area (Å²) in [6, 6.07) is 20.5. The van der Waals surface area contributed by atoms with E-state index < -0.39 is 0 Å². The van der Waals surface area contributed by atoms with Gasteiger partial charge in [-0.2, -0.15) is 0 Å². The normalized spacial score (nSPS) is 10.2. The second-order valence-electron chi connectivity index (χ2n) is 5.70. The summed E-state index contributed by atoms with van der Waals surface area (Å²) < 4.78 is 10.2. The smallest absolute Gasteiger partial charge is 0.193 e. The Morgan fingerprint density at radius 1 is 0.577 bits per heavy atom. The molecule has 26 heavy (non-hydrogen) atoms. The van der Waals surface area contributed by atoms with Crippen LogP contribution < -0.4 is 9.47 Å². The predicted octanol–water partition coefficient (Wildman–Crippen LogP) is 4.17. The van der Waals surface area contributed by atoms with E-state index in [0.29, 0.717) is 33.8 Å². The molecule has 3 aromatic rings. The molecule has 130 valence electrons. The van der Waals surface area contributed by atoms with Gasteiger partial charge in [0.05, 0.1) is 14.2 Å². The highest BCUT2D eigenvalue weighted by molar-refractivity contribution is 6.13. The molecule has 3 aromatic carbocycles. The second kappa shape index (κ2) is 7.66. The van der Waals surface area contributed by atoms with Crippen LogP contribution in [-0.4, -0.2) is 25.8 Å². The molecule has 0 saturated carbocycles. The van der Waals surface area contributed by atoms with E-state index in [2.05, 4.69) is 0 Å². The summed E-state index contributed by atoms with van der Waals surface area (Å²) in [4.78, 5) is 25.3. The molecule has 4 nitrogen and oxygen atoms in total. The quantitative estimate of drug-likeness (QED) is 0.629. The first-order chi connectivity index (χ1) is 12.6. The van der Waals surface area contributed by atoms with Gasteiger partial charge >= 0.3 is 0 Å². The minimum absolute atomic E-state index is 0.142. The third kappa shape index (κ3) is 3.64. The minimum atomic E-state index is -0.142. The molecular formula is C22H18O4. The number of ether oxygens (including phenoxy) is 2. The molecule has 0 aliphatic carbocycles. The van der Waals surface area contributed by atoms with Gasteiger partial charge in [-0.25, -0.2) is 0 Å². The van der Waals surface area contributed by atoms with Crippen LogP contribution in [0.5, 0.6) is 11.5 Å². The Kier molecular flexibility index (Phi) is 5.13. The summed E-state index contributed by atoms with van der Waals surface area (Å²) in [6.45, 7) is 0. The zero-order valence-electron chi connectivity index (χ0n) is 14.6. The average Bonchev–Trinajstić information content (AvgIpc) is 2.73. The SMILES string of the molecule is COc1ccc(C(=O)c2cccc(C(=O)c3ccc(OC)cc3)c2)cc1. The van der Waals surface area contributed by atoms with Crippen LogP contribution in [0.2, 0.25) is 0 Å². The topological polar surface area (TPSA) is 52.6 Å². The Bertz CT molecular complexity index is 850. The molecule has 0 fully saturated rings. The Hall–Kier alpha value is -3.40. The molecule has 0 heterocycles. The van der Waals surface area contributed by atoms with Crippen molar-refractivity contribution in [3.63, 3.8) is 0 Å². The minimum Gasteiger partial charge on any atom is -0.497 e. The number of carbonyl (C=O) groups is 2. The van der Waals surface area contributed by atoms with Crippen LogP contribution in [0.1, 0.15) is 31.8 Å². The number of rotatable bonds is 6. The highest BCUT2D eigenvalue weighted by Gasteiger charge is 2.14. The summed E-state index contributed by atoms with van der Waals surface area (Å²) in [5, 5.41) is 0. The lowest BCUT2D eigenvalue weighted by Crippen LogP contribution is -2.06. The first-order valence-electron chi connectivity index (χ1n) is 8.10. The van der Waals surface area contributed by atoms with Crippen molar-refractivity contribution in [1.82, 2.24) is 0 Å². The number of hydrogen-bond donors (Lipinski definition) is 0. The molecule has 4 heteroatoms. The molecule has 0 N–H and O–H groups in total. The summed E-state index contributed by atoms with van der Waals surface area (Å²) in [5.74, 6) is 1.09. The van der Waals surface area contributed by atoms with Gasteiger partial charge in [0.15, 0.2) is 11.6 Å². The van der Waals surface area contributed by atoms with Crippen LogP contribution in [0, 0.1) is 0 Å². The molecular weight excluding hydrogens is 328 g/mol. The van der Waals surface area contributed by atoms with Crippen molar-refractivity contribution in [2.75, 3.05) is 14.2 Å². The first-order valence-corrected chi connectivity index (χ1v) is 8.10. The van der Waals surface area contributed by atoms with Crippen LogP contribution in [0.15, 0.2) is 72.8 Å². The van der Waals surface area contributed by atoms with Crippen LogP contribution in [0.3, 0.4) is 0 Å². The van der Waals surface area contributed by atoms with Crippen molar-refractivity contribution < 1.29 is 19.1 Å². The lowest BCUT2D eigenvalue weighted by molar-refractivity contribution is 0.103. The molecule has 0 radical (unpaired) electrons. The maximum absolute atomic E-state index is 12.7. The van der Waals surface area contributed by atoms with Crippen molar-refractivity contribution in [3.8, 4) is 11.5 Å². The van der Waals surface area contributed by atoms with Crippen LogP contribution in [0.25, 0.3) is 0 Å². The molecule has 0 aliphatic rings. The van der Waals surface area contributed by atoms with E-state index in [-0.39, 0.29) is 11.6 Å². The number of methoxy groups -OCH3 is 2. The van der Waals surface area contributed by atoms with Gasteiger partial charge < -0.3 is 9.47 Å². The number of carbonyl (C=O) groups excluding carboxylic acids is 2. The van der Waals surface area contributed by atoms with Crippen molar-refractivity contribution in [2.45, 2.75) is 0 Å². The van der Waals surface area contributed by atoms with Gasteiger partial charge in [0.1, 0.15) is 11.5 Å². The van der Waals surface area contributed by atoms with Gasteiger partial charge in [0.2, 0.25) is 0 Å². The zero-order valence-corrected chi connectivity index (χ0v) is 14.6. The monoisotopic (exact) mass is 346 g/mol. The fourth-order valence-electron chi connectivity index (χ4n) is 2.62. The van der Waals surface area contributed by atoms with E-state index >= 15 is 0 Å². The van der Waals surface area contributed by atoms with Gasteiger partial charge in [-0.1, -0.05) is 18.2 Å². The molecule has 0 unspecified atom stereocenters. The van der Waals surface area contributed by atoms with E-state index in [4.69, 9.17) is 9.47 Å². The van der Waals surface area contributed by atoms with Gasteiger partial charge in [0.25, 0.3) is 0 Å². The number of hydrogen-bond acceptors (Lipinski definition) is 4. The predicted molar refractivity (Wildman–Crippen MR) is 99.3 cm³/mol. The Balaban J connectivity index is 1.86. The summed E-state index contributed by atoms with van der Waals surface area (Å²) in [5.41, 5.74) is 2.02. The lowest BCUT2D eigenvalue weighted by Gasteiger charge is -2.06. The van der Waals surface area contributed by atoms with Crippen LogP contribution in [0.4, 0.5) is 0 Å². The third-order valence-corrected chi connectivity index (χ3v) is 4.09. The Labute approximate surface area is 152 Å². The van der Waals surface area contributed by atoms with Crippen LogP contribution in [-0.2, 0) is 0 Å². The summed E-state index contributed by atoms with van der Waals surface area (Å²) in [7, 11) is 3.15. The van der Waals surface area contributed by atoms with Crippen molar-refractivity contribution in [2.24, 2.45) is 0 Å². The van der Waals surface area contributed by atoms with Gasteiger partial charge in [-0.15, -0.1) is 0 Å². The Morgan fingerprint density at radius 3 is 1.31 bits per heavy atom. The van der Waals surface area contributed by atoms with Crippen molar-refractivity contribution >= 4 is 11.6 Å². The molecule has 0 atom stereocenters. The highest BCUT2D eigenvalue weighted by Crippen LogP contribution is 2.19. The van der Waals surface area contributed by atoms with E-state index in [1.54, 1.807) is 87.0 Å². The Morgan fingerprint density at radius 2 is 0.962 bits per heavy atom. The first kappa shape index (κ1) is 17.4. The van der Waals surface area contributed by atoms with Gasteiger partial charge in [-0.3, -0.25) is 9.59 Å². The maximum atomic E-state index is 12.7. The highest BCUT2D eigenvalue weighted by atomic mass is 16.5. The fraction of sp³-hybridized carbons (Fsp3) is 0.0909. The fourth-order valence-corrected chi connectivity index (χ4v) is 2.62. The number of ketones is 2. The van der Waals surface area contributed by atoms with E-state index in [1.807, 2.05) is 0 Å². The third-order valence-electron chi connectivity index (χ3n) is 4.09. The maximum Gasteiger partial charge on any atom is 0.193 e. The zero-order chi connectivity index (χ0) is 18.5. The summed E-state index contributed by atoms with van der Waals surface area (Å²) in [6.07, 6.45) is 0. The molecule has 0 saturated heterocycles. The molecule has 0 spiro atoms.